The predicted molar refractivity (Wildman–Crippen MR) is 74.8 cm³/mol. The minimum atomic E-state index is -0.695. The van der Waals surface area contributed by atoms with Gasteiger partial charge in [0.1, 0.15) is 18.1 Å². The van der Waals surface area contributed by atoms with E-state index in [1.807, 2.05) is 20.9 Å². The summed E-state index contributed by atoms with van der Waals surface area (Å²) in [5.41, 5.74) is 2.22. The highest BCUT2D eigenvalue weighted by molar-refractivity contribution is 5.89. The molecule has 1 heterocycles. The zero-order valence-corrected chi connectivity index (χ0v) is 12.4. The number of methoxy groups -OCH3 is 1. The van der Waals surface area contributed by atoms with Crippen LogP contribution in [0.2, 0.25) is 0 Å². The third-order valence-corrected chi connectivity index (χ3v) is 3.26. The second kappa shape index (κ2) is 5.95. The highest BCUT2D eigenvalue weighted by Crippen LogP contribution is 2.23. The standard InChI is InChI=1S/C15H17FN2O3/c1-9-14(10(2)18(3)17-9)21-8-11-5-6-12(13(16)7-11)15(19)20-4/h5-7H,8H2,1-4H3. The fourth-order valence-electron chi connectivity index (χ4n) is 2.04. The van der Waals surface area contributed by atoms with Gasteiger partial charge in [0.25, 0.3) is 0 Å². The van der Waals surface area contributed by atoms with Gasteiger partial charge in [-0.1, -0.05) is 6.07 Å². The molecule has 21 heavy (non-hydrogen) atoms. The lowest BCUT2D eigenvalue weighted by molar-refractivity contribution is 0.0595. The van der Waals surface area contributed by atoms with E-state index in [0.29, 0.717) is 11.3 Å². The number of nitrogens with zero attached hydrogens (tertiary/aromatic N) is 2. The molecule has 0 fully saturated rings. The van der Waals surface area contributed by atoms with Gasteiger partial charge in [-0.25, -0.2) is 9.18 Å². The number of carbonyl (C=O) groups excluding carboxylic acids is 1. The largest absolute Gasteiger partial charge is 0.485 e. The van der Waals surface area contributed by atoms with Crippen LogP contribution in [0.5, 0.6) is 5.75 Å². The van der Waals surface area contributed by atoms with Crippen molar-refractivity contribution >= 4 is 5.97 Å². The van der Waals surface area contributed by atoms with Gasteiger partial charge in [-0.3, -0.25) is 4.68 Å². The summed E-state index contributed by atoms with van der Waals surface area (Å²) < 4.78 is 25.7. The third kappa shape index (κ3) is 3.04. The second-order valence-corrected chi connectivity index (χ2v) is 4.72. The van der Waals surface area contributed by atoms with Crippen molar-refractivity contribution in [1.82, 2.24) is 9.78 Å². The SMILES string of the molecule is COC(=O)c1ccc(COc2c(C)nn(C)c2C)cc1F. The molecule has 112 valence electrons. The number of esters is 1. The van der Waals surface area contributed by atoms with Gasteiger partial charge in [-0.05, 0) is 31.5 Å². The van der Waals surface area contributed by atoms with E-state index in [-0.39, 0.29) is 12.2 Å². The maximum atomic E-state index is 13.8. The summed E-state index contributed by atoms with van der Waals surface area (Å²) in [6.07, 6.45) is 0. The molecule has 5 nitrogen and oxygen atoms in total. The summed E-state index contributed by atoms with van der Waals surface area (Å²) in [5.74, 6) is -0.628. The molecule has 0 atom stereocenters. The fourth-order valence-corrected chi connectivity index (χ4v) is 2.04. The van der Waals surface area contributed by atoms with Crippen LogP contribution in [0, 0.1) is 19.7 Å². The summed E-state index contributed by atoms with van der Waals surface area (Å²) in [6.45, 7) is 3.95. The van der Waals surface area contributed by atoms with E-state index in [9.17, 15) is 9.18 Å². The number of hydrogen-bond donors (Lipinski definition) is 0. The average Bonchev–Trinajstić information content (AvgIpc) is 2.69. The molecule has 6 heteroatoms. The summed E-state index contributed by atoms with van der Waals surface area (Å²) in [6, 6.07) is 4.30. The molecule has 0 unspecified atom stereocenters. The van der Waals surface area contributed by atoms with Crippen LogP contribution >= 0.6 is 0 Å². The van der Waals surface area contributed by atoms with Crippen LogP contribution in [0.15, 0.2) is 18.2 Å². The molecular weight excluding hydrogens is 275 g/mol. The van der Waals surface area contributed by atoms with Crippen molar-refractivity contribution < 1.29 is 18.7 Å². The minimum Gasteiger partial charge on any atom is -0.485 e. The molecule has 0 N–H and O–H groups in total. The summed E-state index contributed by atoms with van der Waals surface area (Å²) in [4.78, 5) is 11.3. The first-order chi connectivity index (χ1) is 9.93. The fraction of sp³-hybridized carbons (Fsp3) is 0.333. The molecule has 0 radical (unpaired) electrons. The van der Waals surface area contributed by atoms with Crippen molar-refractivity contribution in [2.45, 2.75) is 20.5 Å². The van der Waals surface area contributed by atoms with Crippen molar-refractivity contribution in [1.29, 1.82) is 0 Å². The lowest BCUT2D eigenvalue weighted by Crippen LogP contribution is -2.06. The van der Waals surface area contributed by atoms with Crippen molar-refractivity contribution in [2.75, 3.05) is 7.11 Å². The predicted octanol–water partition coefficient (Wildman–Crippen LogP) is 2.54. The normalized spacial score (nSPS) is 10.5. The van der Waals surface area contributed by atoms with E-state index in [1.165, 1.54) is 19.2 Å². The Labute approximate surface area is 122 Å². The van der Waals surface area contributed by atoms with Crippen LogP contribution in [0.1, 0.15) is 27.3 Å². The van der Waals surface area contributed by atoms with Gasteiger partial charge in [0.2, 0.25) is 0 Å². The van der Waals surface area contributed by atoms with Crippen molar-refractivity contribution in [2.24, 2.45) is 7.05 Å². The van der Waals surface area contributed by atoms with E-state index < -0.39 is 11.8 Å². The van der Waals surface area contributed by atoms with Gasteiger partial charge in [-0.15, -0.1) is 0 Å². The summed E-state index contributed by atoms with van der Waals surface area (Å²) in [5, 5.41) is 4.25. The first kappa shape index (κ1) is 15.0. The number of rotatable bonds is 4. The molecule has 1 aromatic carbocycles. The first-order valence-corrected chi connectivity index (χ1v) is 6.43. The highest BCUT2D eigenvalue weighted by atomic mass is 19.1. The Morgan fingerprint density at radius 1 is 1.38 bits per heavy atom. The Hall–Kier alpha value is -2.37. The summed E-state index contributed by atoms with van der Waals surface area (Å²) in [7, 11) is 3.05. The monoisotopic (exact) mass is 292 g/mol. The maximum absolute atomic E-state index is 13.8. The quantitative estimate of drug-likeness (QED) is 0.813. The van der Waals surface area contributed by atoms with Gasteiger partial charge in [0.05, 0.1) is 18.4 Å². The number of benzene rings is 1. The Kier molecular flexibility index (Phi) is 4.26. The van der Waals surface area contributed by atoms with Crippen LogP contribution in [0.25, 0.3) is 0 Å². The lowest BCUT2D eigenvalue weighted by Gasteiger charge is -2.08. The van der Waals surface area contributed by atoms with E-state index in [4.69, 9.17) is 4.74 Å². The van der Waals surface area contributed by atoms with Gasteiger partial charge >= 0.3 is 5.97 Å². The minimum absolute atomic E-state index is 0.0880. The van der Waals surface area contributed by atoms with Crippen molar-refractivity contribution in [3.8, 4) is 5.75 Å². The van der Waals surface area contributed by atoms with E-state index >= 15 is 0 Å². The molecule has 2 rings (SSSR count). The Morgan fingerprint density at radius 2 is 2.10 bits per heavy atom. The molecule has 0 bridgehead atoms. The topological polar surface area (TPSA) is 53.4 Å². The molecule has 0 aliphatic carbocycles. The van der Waals surface area contributed by atoms with E-state index in [1.54, 1.807) is 10.7 Å². The Balaban J connectivity index is 2.14. The molecule has 0 saturated carbocycles. The van der Waals surface area contributed by atoms with Crippen LogP contribution < -0.4 is 4.74 Å². The van der Waals surface area contributed by atoms with Crippen molar-refractivity contribution in [3.05, 3.63) is 46.5 Å². The molecule has 2 aromatic rings. The Bertz CT molecular complexity index is 680. The van der Waals surface area contributed by atoms with Gasteiger partial charge in [0.15, 0.2) is 5.75 Å². The van der Waals surface area contributed by atoms with Gasteiger partial charge in [-0.2, -0.15) is 5.10 Å². The molecule has 0 saturated heterocycles. The smallest absolute Gasteiger partial charge is 0.340 e. The number of hydrogen-bond acceptors (Lipinski definition) is 4. The third-order valence-electron chi connectivity index (χ3n) is 3.26. The molecule has 0 aliphatic rings. The van der Waals surface area contributed by atoms with Crippen molar-refractivity contribution in [3.63, 3.8) is 0 Å². The second-order valence-electron chi connectivity index (χ2n) is 4.72. The first-order valence-electron chi connectivity index (χ1n) is 6.43. The Morgan fingerprint density at radius 3 is 2.62 bits per heavy atom. The van der Waals surface area contributed by atoms with Crippen LogP contribution in [-0.2, 0) is 18.4 Å². The number of aryl methyl sites for hydroxylation is 2. The number of aromatic nitrogens is 2. The van der Waals surface area contributed by atoms with E-state index in [0.717, 1.165) is 11.4 Å². The van der Waals surface area contributed by atoms with Gasteiger partial charge in [0, 0.05) is 7.05 Å². The van der Waals surface area contributed by atoms with Crippen LogP contribution in [-0.4, -0.2) is 22.9 Å². The zero-order chi connectivity index (χ0) is 15.6. The maximum Gasteiger partial charge on any atom is 0.340 e. The number of ether oxygens (including phenoxy) is 2. The molecule has 0 amide bonds. The number of carbonyl (C=O) groups is 1. The highest BCUT2D eigenvalue weighted by Gasteiger charge is 2.14. The molecule has 0 spiro atoms. The zero-order valence-electron chi connectivity index (χ0n) is 12.4. The summed E-state index contributed by atoms with van der Waals surface area (Å²) >= 11 is 0. The van der Waals surface area contributed by atoms with E-state index in [2.05, 4.69) is 9.84 Å². The number of halogens is 1. The van der Waals surface area contributed by atoms with Crippen LogP contribution in [0.4, 0.5) is 4.39 Å². The lowest BCUT2D eigenvalue weighted by atomic mass is 10.1. The molecular formula is C15H17FN2O3. The molecule has 0 aliphatic heterocycles. The average molecular weight is 292 g/mol. The van der Waals surface area contributed by atoms with Crippen LogP contribution in [0.3, 0.4) is 0 Å². The van der Waals surface area contributed by atoms with Gasteiger partial charge < -0.3 is 9.47 Å². The molecule has 1 aromatic heterocycles.